The van der Waals surface area contributed by atoms with Crippen LogP contribution in [0.3, 0.4) is 0 Å². The van der Waals surface area contributed by atoms with Gasteiger partial charge in [0.1, 0.15) is 23.0 Å². The van der Waals surface area contributed by atoms with E-state index in [4.69, 9.17) is 9.47 Å². The maximum atomic E-state index is 13.6. The highest BCUT2D eigenvalue weighted by molar-refractivity contribution is 6.46. The van der Waals surface area contributed by atoms with E-state index in [1.807, 2.05) is 13.0 Å². The van der Waals surface area contributed by atoms with Gasteiger partial charge < -0.3 is 14.8 Å². The van der Waals surface area contributed by atoms with Crippen molar-refractivity contribution in [3.05, 3.63) is 89.9 Å². The molecule has 3 aromatic rings. The molecular formula is C26H23FN2O4. The average molecular weight is 446 g/mol. The molecular weight excluding hydrogens is 423 g/mol. The van der Waals surface area contributed by atoms with Crippen LogP contribution in [0.1, 0.15) is 18.9 Å². The van der Waals surface area contributed by atoms with Gasteiger partial charge in [-0.3, -0.25) is 9.59 Å². The van der Waals surface area contributed by atoms with Crippen molar-refractivity contribution in [3.8, 4) is 11.5 Å². The quantitative estimate of drug-likeness (QED) is 0.492. The molecule has 168 valence electrons. The maximum Gasteiger partial charge on any atom is 0.282 e. The third-order valence-electron chi connectivity index (χ3n) is 5.12. The Bertz CT molecular complexity index is 1220. The highest BCUT2D eigenvalue weighted by Crippen LogP contribution is 2.38. The normalized spacial score (nSPS) is 13.5. The summed E-state index contributed by atoms with van der Waals surface area (Å²) in [6.07, 6.45) is 0.860. The molecule has 0 unspecified atom stereocenters. The van der Waals surface area contributed by atoms with E-state index in [-0.39, 0.29) is 11.3 Å². The molecule has 0 bridgehead atoms. The van der Waals surface area contributed by atoms with Crippen molar-refractivity contribution in [2.24, 2.45) is 0 Å². The number of anilines is 2. The van der Waals surface area contributed by atoms with E-state index in [2.05, 4.69) is 5.32 Å². The number of benzene rings is 3. The van der Waals surface area contributed by atoms with Crippen LogP contribution in [0.25, 0.3) is 5.57 Å². The fourth-order valence-electron chi connectivity index (χ4n) is 3.59. The Kier molecular flexibility index (Phi) is 6.40. The lowest BCUT2D eigenvalue weighted by Gasteiger charge is -2.18. The van der Waals surface area contributed by atoms with E-state index >= 15 is 0 Å². The van der Waals surface area contributed by atoms with E-state index < -0.39 is 17.6 Å². The van der Waals surface area contributed by atoms with Gasteiger partial charge in [-0.05, 0) is 48.4 Å². The minimum atomic E-state index is -0.538. The fraction of sp³-hybridized carbons (Fsp3) is 0.154. The molecule has 0 saturated heterocycles. The second kappa shape index (κ2) is 9.56. The van der Waals surface area contributed by atoms with Crippen molar-refractivity contribution >= 4 is 28.8 Å². The number of para-hydroxylation sites is 2. The molecule has 0 saturated carbocycles. The minimum Gasteiger partial charge on any atom is -0.495 e. The van der Waals surface area contributed by atoms with E-state index in [0.29, 0.717) is 35.0 Å². The molecule has 4 rings (SSSR count). The van der Waals surface area contributed by atoms with Crippen LogP contribution in [0.4, 0.5) is 15.8 Å². The van der Waals surface area contributed by atoms with Crippen LogP contribution in [0.15, 0.2) is 78.5 Å². The number of halogens is 1. The van der Waals surface area contributed by atoms with E-state index in [1.165, 1.54) is 31.4 Å². The molecule has 7 heteroatoms. The van der Waals surface area contributed by atoms with E-state index in [0.717, 1.165) is 11.3 Å². The SMILES string of the molecule is CCCOc1cccc(NC2=C(c3ccc(F)cc3)C(=O)N(c3ccccc3OC)C2=O)c1. The minimum absolute atomic E-state index is 0.0881. The standard InChI is InChI=1S/C26H23FN2O4/c1-3-15-33-20-8-6-7-19(16-20)28-24-23(17-11-13-18(27)14-12-17)25(30)29(26(24)31)21-9-4-5-10-22(21)32-2/h4-14,16,28H,3,15H2,1-2H3. The van der Waals surface area contributed by atoms with Crippen LogP contribution in [0, 0.1) is 5.82 Å². The second-order valence-corrected chi connectivity index (χ2v) is 7.38. The fourth-order valence-corrected chi connectivity index (χ4v) is 3.59. The summed E-state index contributed by atoms with van der Waals surface area (Å²) in [5.74, 6) is -0.480. The van der Waals surface area contributed by atoms with Crippen molar-refractivity contribution in [1.29, 1.82) is 0 Å². The lowest BCUT2D eigenvalue weighted by atomic mass is 10.0. The third-order valence-corrected chi connectivity index (χ3v) is 5.12. The Labute approximate surface area is 191 Å². The van der Waals surface area contributed by atoms with Crippen LogP contribution in [0.2, 0.25) is 0 Å². The van der Waals surface area contributed by atoms with Crippen LogP contribution in [-0.2, 0) is 9.59 Å². The summed E-state index contributed by atoms with van der Waals surface area (Å²) in [4.78, 5) is 28.1. The number of hydrogen-bond acceptors (Lipinski definition) is 5. The smallest absolute Gasteiger partial charge is 0.282 e. The molecule has 0 radical (unpaired) electrons. The first-order chi connectivity index (χ1) is 16.0. The predicted molar refractivity (Wildman–Crippen MR) is 125 cm³/mol. The number of hydrogen-bond donors (Lipinski definition) is 1. The third kappa shape index (κ3) is 4.43. The summed E-state index contributed by atoms with van der Waals surface area (Å²) in [5.41, 5.74) is 1.57. The molecule has 33 heavy (non-hydrogen) atoms. The molecule has 0 aromatic heterocycles. The topological polar surface area (TPSA) is 67.9 Å². The Morgan fingerprint density at radius 1 is 0.939 bits per heavy atom. The summed E-state index contributed by atoms with van der Waals surface area (Å²) in [5, 5.41) is 3.09. The lowest BCUT2D eigenvalue weighted by Crippen LogP contribution is -2.32. The first-order valence-corrected chi connectivity index (χ1v) is 10.6. The zero-order chi connectivity index (χ0) is 23.4. The van der Waals surface area contributed by atoms with Gasteiger partial charge in [0, 0.05) is 11.8 Å². The van der Waals surface area contributed by atoms with Crippen LogP contribution in [0.5, 0.6) is 11.5 Å². The number of amides is 2. The monoisotopic (exact) mass is 446 g/mol. The first-order valence-electron chi connectivity index (χ1n) is 10.6. The molecule has 0 fully saturated rings. The van der Waals surface area contributed by atoms with Crippen molar-refractivity contribution < 1.29 is 23.5 Å². The van der Waals surface area contributed by atoms with Gasteiger partial charge in [-0.1, -0.05) is 37.3 Å². The summed E-state index contributed by atoms with van der Waals surface area (Å²) in [6.45, 7) is 2.57. The Morgan fingerprint density at radius 3 is 2.42 bits per heavy atom. The van der Waals surface area contributed by atoms with Crippen molar-refractivity contribution in [2.45, 2.75) is 13.3 Å². The Hall–Kier alpha value is -4.13. The maximum absolute atomic E-state index is 13.6. The molecule has 0 aliphatic carbocycles. The van der Waals surface area contributed by atoms with Gasteiger partial charge in [0.25, 0.3) is 11.8 Å². The molecule has 1 heterocycles. The van der Waals surface area contributed by atoms with Crippen molar-refractivity contribution in [1.82, 2.24) is 0 Å². The van der Waals surface area contributed by atoms with E-state index in [9.17, 15) is 14.0 Å². The number of rotatable bonds is 8. The molecule has 1 N–H and O–H groups in total. The number of nitrogens with zero attached hydrogens (tertiary/aromatic N) is 1. The number of carbonyl (C=O) groups is 2. The summed E-state index contributed by atoms with van der Waals surface area (Å²) < 4.78 is 24.6. The molecule has 0 atom stereocenters. The van der Waals surface area contributed by atoms with Crippen LogP contribution in [-0.4, -0.2) is 25.5 Å². The Morgan fingerprint density at radius 2 is 1.70 bits per heavy atom. The molecule has 3 aromatic carbocycles. The number of imide groups is 1. The van der Waals surface area contributed by atoms with Crippen molar-refractivity contribution in [2.75, 3.05) is 23.9 Å². The van der Waals surface area contributed by atoms with Crippen LogP contribution < -0.4 is 19.7 Å². The van der Waals surface area contributed by atoms with Gasteiger partial charge in [-0.15, -0.1) is 0 Å². The zero-order valence-corrected chi connectivity index (χ0v) is 18.3. The molecule has 1 aliphatic heterocycles. The van der Waals surface area contributed by atoms with Gasteiger partial charge in [0.2, 0.25) is 0 Å². The number of nitrogens with one attached hydrogen (secondary N) is 1. The van der Waals surface area contributed by atoms with Gasteiger partial charge in [-0.25, -0.2) is 9.29 Å². The lowest BCUT2D eigenvalue weighted by molar-refractivity contribution is -0.120. The Balaban J connectivity index is 1.78. The number of carbonyl (C=O) groups excluding carboxylic acids is 2. The molecule has 1 aliphatic rings. The van der Waals surface area contributed by atoms with E-state index in [1.54, 1.807) is 42.5 Å². The highest BCUT2D eigenvalue weighted by atomic mass is 19.1. The average Bonchev–Trinajstić information content (AvgIpc) is 3.07. The van der Waals surface area contributed by atoms with Gasteiger partial charge in [-0.2, -0.15) is 0 Å². The zero-order valence-electron chi connectivity index (χ0n) is 18.3. The van der Waals surface area contributed by atoms with Crippen LogP contribution >= 0.6 is 0 Å². The molecule has 6 nitrogen and oxygen atoms in total. The largest absolute Gasteiger partial charge is 0.495 e. The summed E-state index contributed by atoms with van der Waals surface area (Å²) >= 11 is 0. The molecule has 0 spiro atoms. The second-order valence-electron chi connectivity index (χ2n) is 7.38. The predicted octanol–water partition coefficient (Wildman–Crippen LogP) is 5.02. The van der Waals surface area contributed by atoms with Gasteiger partial charge in [0.15, 0.2) is 0 Å². The summed E-state index contributed by atoms with van der Waals surface area (Å²) in [6, 6.07) is 19.4. The van der Waals surface area contributed by atoms with Crippen molar-refractivity contribution in [3.63, 3.8) is 0 Å². The highest BCUT2D eigenvalue weighted by Gasteiger charge is 2.41. The number of ether oxygens (including phenoxy) is 2. The first kappa shape index (κ1) is 22.1. The molecule has 2 amide bonds. The van der Waals surface area contributed by atoms with Gasteiger partial charge in [0.05, 0.1) is 25.0 Å². The summed E-state index contributed by atoms with van der Waals surface area (Å²) in [7, 11) is 1.47. The number of methoxy groups -OCH3 is 1. The van der Waals surface area contributed by atoms with Gasteiger partial charge >= 0.3 is 0 Å².